The minimum absolute atomic E-state index is 0.0284. The molecular formula is C14H26N4O2. The van der Waals surface area contributed by atoms with Gasteiger partial charge in [0.05, 0.1) is 12.6 Å². The predicted octanol–water partition coefficient (Wildman–Crippen LogP) is 1.87. The Morgan fingerprint density at radius 2 is 1.95 bits per heavy atom. The molecule has 1 aromatic heterocycles. The number of aromatic nitrogens is 2. The van der Waals surface area contributed by atoms with E-state index in [1.165, 1.54) is 0 Å². The molecule has 1 atom stereocenters. The van der Waals surface area contributed by atoms with Gasteiger partial charge in [-0.15, -0.1) is 0 Å². The van der Waals surface area contributed by atoms with Gasteiger partial charge in [-0.2, -0.15) is 0 Å². The molecule has 0 spiro atoms. The van der Waals surface area contributed by atoms with Crippen LogP contribution >= 0.6 is 0 Å². The number of rotatable bonds is 9. The van der Waals surface area contributed by atoms with Crippen LogP contribution in [0.1, 0.15) is 33.5 Å². The van der Waals surface area contributed by atoms with Gasteiger partial charge in [0.1, 0.15) is 18.2 Å². The van der Waals surface area contributed by atoms with Crippen molar-refractivity contribution in [2.45, 2.75) is 40.3 Å². The van der Waals surface area contributed by atoms with Crippen molar-refractivity contribution in [2.24, 2.45) is 5.92 Å². The van der Waals surface area contributed by atoms with E-state index in [0.29, 0.717) is 30.8 Å². The fourth-order valence-corrected chi connectivity index (χ4v) is 1.71. The maximum Gasteiger partial charge on any atom is 0.158 e. The van der Waals surface area contributed by atoms with Crippen LogP contribution in [0, 0.1) is 5.92 Å². The highest BCUT2D eigenvalue weighted by molar-refractivity contribution is 5.48. The van der Waals surface area contributed by atoms with Crippen LogP contribution < -0.4 is 10.6 Å². The fourth-order valence-electron chi connectivity index (χ4n) is 1.71. The second-order valence-corrected chi connectivity index (χ2v) is 4.90. The Labute approximate surface area is 121 Å². The summed E-state index contributed by atoms with van der Waals surface area (Å²) in [6, 6.07) is 1.82. The number of ether oxygens (including phenoxy) is 1. The van der Waals surface area contributed by atoms with Crippen molar-refractivity contribution in [3.8, 4) is 0 Å². The summed E-state index contributed by atoms with van der Waals surface area (Å²) in [5.41, 5.74) is 0. The molecule has 0 aliphatic carbocycles. The molecule has 1 unspecified atom stereocenters. The first kappa shape index (κ1) is 16.7. The molecule has 3 N–H and O–H groups in total. The van der Waals surface area contributed by atoms with Gasteiger partial charge in [0.25, 0.3) is 0 Å². The van der Waals surface area contributed by atoms with Gasteiger partial charge in [0.2, 0.25) is 0 Å². The average molecular weight is 282 g/mol. The Balaban J connectivity index is 2.89. The number of nitrogens with one attached hydrogen (secondary N) is 2. The maximum atomic E-state index is 9.39. The van der Waals surface area contributed by atoms with Crippen LogP contribution in [0.3, 0.4) is 0 Å². The highest BCUT2D eigenvalue weighted by Crippen LogP contribution is 2.15. The standard InChI is InChI=1S/C14H26N4O2/c1-5-15-12-7-13(16-11(8-19)10(3)4)18-14(17-12)9-20-6-2/h7,10-11,19H,5-6,8-9H2,1-4H3,(H2,15,16,17,18). The SMILES string of the molecule is CCNc1cc(NC(CO)C(C)C)nc(COCC)n1. The van der Waals surface area contributed by atoms with Crippen LogP contribution in [-0.2, 0) is 11.3 Å². The monoisotopic (exact) mass is 282 g/mol. The van der Waals surface area contributed by atoms with Gasteiger partial charge in [0.15, 0.2) is 5.82 Å². The summed E-state index contributed by atoms with van der Waals surface area (Å²) in [6.07, 6.45) is 0. The lowest BCUT2D eigenvalue weighted by molar-refractivity contribution is 0.128. The lowest BCUT2D eigenvalue weighted by Gasteiger charge is -2.21. The minimum Gasteiger partial charge on any atom is -0.394 e. The predicted molar refractivity (Wildman–Crippen MR) is 80.9 cm³/mol. The normalized spacial score (nSPS) is 12.5. The summed E-state index contributed by atoms with van der Waals surface area (Å²) in [6.45, 7) is 9.94. The number of hydrogen-bond acceptors (Lipinski definition) is 6. The van der Waals surface area contributed by atoms with E-state index in [9.17, 15) is 5.11 Å². The summed E-state index contributed by atoms with van der Waals surface area (Å²) in [5.74, 6) is 2.42. The zero-order valence-electron chi connectivity index (χ0n) is 12.8. The molecule has 20 heavy (non-hydrogen) atoms. The Morgan fingerprint density at radius 3 is 2.50 bits per heavy atom. The van der Waals surface area contributed by atoms with E-state index >= 15 is 0 Å². The van der Waals surface area contributed by atoms with Crippen molar-refractivity contribution in [1.82, 2.24) is 9.97 Å². The smallest absolute Gasteiger partial charge is 0.158 e. The third-order valence-electron chi connectivity index (χ3n) is 2.90. The van der Waals surface area contributed by atoms with E-state index in [-0.39, 0.29) is 12.6 Å². The number of hydrogen-bond donors (Lipinski definition) is 3. The van der Waals surface area contributed by atoms with E-state index in [4.69, 9.17) is 4.74 Å². The molecule has 114 valence electrons. The zero-order chi connectivity index (χ0) is 15.0. The molecule has 0 bridgehead atoms. The highest BCUT2D eigenvalue weighted by atomic mass is 16.5. The largest absolute Gasteiger partial charge is 0.394 e. The summed E-state index contributed by atoms with van der Waals surface area (Å²) in [7, 11) is 0. The summed E-state index contributed by atoms with van der Waals surface area (Å²) >= 11 is 0. The molecule has 6 nitrogen and oxygen atoms in total. The molecule has 0 aliphatic rings. The van der Waals surface area contributed by atoms with Crippen molar-refractivity contribution in [3.05, 3.63) is 11.9 Å². The molecule has 0 aromatic carbocycles. The molecule has 1 heterocycles. The van der Waals surface area contributed by atoms with Crippen LogP contribution in [0.4, 0.5) is 11.6 Å². The molecule has 0 saturated carbocycles. The molecule has 0 fully saturated rings. The van der Waals surface area contributed by atoms with Gasteiger partial charge >= 0.3 is 0 Å². The van der Waals surface area contributed by atoms with Gasteiger partial charge in [-0.05, 0) is 19.8 Å². The van der Waals surface area contributed by atoms with E-state index in [0.717, 1.165) is 12.4 Å². The van der Waals surface area contributed by atoms with Crippen LogP contribution in [-0.4, -0.2) is 40.9 Å². The second kappa shape index (κ2) is 8.71. The molecule has 1 rings (SSSR count). The quantitative estimate of drug-likeness (QED) is 0.642. The summed E-state index contributed by atoms with van der Waals surface area (Å²) < 4.78 is 5.36. The number of anilines is 2. The summed E-state index contributed by atoms with van der Waals surface area (Å²) in [5, 5.41) is 15.8. The first-order chi connectivity index (χ1) is 9.60. The number of nitrogens with zero attached hydrogens (tertiary/aromatic N) is 2. The van der Waals surface area contributed by atoms with Gasteiger partial charge in [-0.1, -0.05) is 13.8 Å². The molecule has 0 aliphatic heterocycles. The maximum absolute atomic E-state index is 9.39. The van der Waals surface area contributed by atoms with E-state index in [1.807, 2.05) is 19.9 Å². The number of aliphatic hydroxyl groups is 1. The Hall–Kier alpha value is -1.40. The first-order valence-electron chi connectivity index (χ1n) is 7.17. The van der Waals surface area contributed by atoms with Gasteiger partial charge in [-0.25, -0.2) is 9.97 Å². The minimum atomic E-state index is -0.0284. The van der Waals surface area contributed by atoms with Crippen LogP contribution in [0.25, 0.3) is 0 Å². The molecule has 0 saturated heterocycles. The number of aliphatic hydroxyl groups excluding tert-OH is 1. The van der Waals surface area contributed by atoms with Gasteiger partial charge in [-0.3, -0.25) is 0 Å². The van der Waals surface area contributed by atoms with Crippen molar-refractivity contribution < 1.29 is 9.84 Å². The molecule has 0 amide bonds. The molecular weight excluding hydrogens is 256 g/mol. The first-order valence-corrected chi connectivity index (χ1v) is 7.17. The van der Waals surface area contributed by atoms with Crippen molar-refractivity contribution >= 4 is 11.6 Å². The van der Waals surface area contributed by atoms with Crippen LogP contribution in [0.2, 0.25) is 0 Å². The third-order valence-corrected chi connectivity index (χ3v) is 2.90. The van der Waals surface area contributed by atoms with E-state index in [2.05, 4.69) is 34.4 Å². The van der Waals surface area contributed by atoms with E-state index < -0.39 is 0 Å². The lowest BCUT2D eigenvalue weighted by atomic mass is 10.1. The topological polar surface area (TPSA) is 79.3 Å². The molecule has 6 heteroatoms. The molecule has 1 aromatic rings. The highest BCUT2D eigenvalue weighted by Gasteiger charge is 2.13. The second-order valence-electron chi connectivity index (χ2n) is 4.90. The van der Waals surface area contributed by atoms with E-state index in [1.54, 1.807) is 0 Å². The fraction of sp³-hybridized carbons (Fsp3) is 0.714. The Morgan fingerprint density at radius 1 is 1.25 bits per heavy atom. The Kier molecular flexibility index (Phi) is 7.25. The average Bonchev–Trinajstić information content (AvgIpc) is 2.42. The van der Waals surface area contributed by atoms with Crippen LogP contribution in [0.15, 0.2) is 6.07 Å². The van der Waals surface area contributed by atoms with Gasteiger partial charge < -0.3 is 20.5 Å². The Bertz CT molecular complexity index is 399. The molecule has 0 radical (unpaired) electrons. The summed E-state index contributed by atoms with van der Waals surface area (Å²) in [4.78, 5) is 8.81. The van der Waals surface area contributed by atoms with Crippen LogP contribution in [0.5, 0.6) is 0 Å². The third kappa shape index (κ3) is 5.30. The van der Waals surface area contributed by atoms with Crippen molar-refractivity contribution in [3.63, 3.8) is 0 Å². The van der Waals surface area contributed by atoms with Crippen molar-refractivity contribution in [1.29, 1.82) is 0 Å². The van der Waals surface area contributed by atoms with Gasteiger partial charge in [0, 0.05) is 19.2 Å². The lowest BCUT2D eigenvalue weighted by Crippen LogP contribution is -2.30. The van der Waals surface area contributed by atoms with Crippen molar-refractivity contribution in [2.75, 3.05) is 30.4 Å². The zero-order valence-corrected chi connectivity index (χ0v) is 12.8.